The third-order valence-corrected chi connectivity index (χ3v) is 2.64. The molecule has 1 heterocycles. The first-order valence-electron chi connectivity index (χ1n) is 5.40. The number of aromatic amines is 1. The lowest BCUT2D eigenvalue weighted by molar-refractivity contribution is 0.141. The third-order valence-electron chi connectivity index (χ3n) is 2.64. The number of hydrogen-bond donors (Lipinski definition) is 2. The molecule has 2 aromatic rings. The van der Waals surface area contributed by atoms with E-state index < -0.39 is 0 Å². The lowest BCUT2D eigenvalue weighted by Gasteiger charge is -2.06. The summed E-state index contributed by atoms with van der Waals surface area (Å²) in [6, 6.07) is 7.76. The van der Waals surface area contributed by atoms with Crippen LogP contribution in [0, 0.1) is 6.92 Å². The molecule has 2 rings (SSSR count). The van der Waals surface area contributed by atoms with Crippen LogP contribution in [0.3, 0.4) is 0 Å². The van der Waals surface area contributed by atoms with Gasteiger partial charge in [-0.1, -0.05) is 12.1 Å². The number of nitrogens with zero attached hydrogens (tertiary/aromatic N) is 1. The number of aryl methyl sites for hydroxylation is 1. The lowest BCUT2D eigenvalue weighted by Crippen LogP contribution is -2.16. The van der Waals surface area contributed by atoms with Gasteiger partial charge in [-0.2, -0.15) is 0 Å². The average Bonchev–Trinajstić information content (AvgIpc) is 2.67. The normalized spacial score (nSPS) is 10.7. The van der Waals surface area contributed by atoms with Crippen molar-refractivity contribution >= 4 is 0 Å². The fraction of sp³-hybridized carbons (Fsp3) is 0.250. The zero-order chi connectivity index (χ0) is 12.3. The summed E-state index contributed by atoms with van der Waals surface area (Å²) in [5.41, 5.74) is 2.68. The van der Waals surface area contributed by atoms with Crippen molar-refractivity contribution in [3.05, 3.63) is 52.2 Å². The van der Waals surface area contributed by atoms with Crippen LogP contribution in [0.1, 0.15) is 11.3 Å². The van der Waals surface area contributed by atoms with Crippen LogP contribution < -0.4 is 11.6 Å². The van der Waals surface area contributed by atoms with Gasteiger partial charge in [-0.05, 0) is 31.0 Å². The molecule has 0 unspecified atom stereocenters. The Hall–Kier alpha value is -1.85. The molecule has 17 heavy (non-hydrogen) atoms. The van der Waals surface area contributed by atoms with Gasteiger partial charge in [0.05, 0.1) is 12.3 Å². The van der Waals surface area contributed by atoms with Gasteiger partial charge in [0, 0.05) is 11.9 Å². The molecule has 0 radical (unpaired) electrons. The first kappa shape index (κ1) is 11.6. The van der Waals surface area contributed by atoms with Crippen molar-refractivity contribution in [1.29, 1.82) is 0 Å². The lowest BCUT2D eigenvalue weighted by atomic mass is 10.1. The monoisotopic (exact) mass is 233 g/mol. The second-order valence-electron chi connectivity index (χ2n) is 3.86. The Morgan fingerprint density at radius 1 is 1.47 bits per heavy atom. The Labute approximate surface area is 98.8 Å². The van der Waals surface area contributed by atoms with E-state index in [0.29, 0.717) is 6.61 Å². The minimum absolute atomic E-state index is 0.130. The van der Waals surface area contributed by atoms with Crippen molar-refractivity contribution in [2.24, 2.45) is 5.90 Å². The van der Waals surface area contributed by atoms with E-state index in [1.807, 2.05) is 31.2 Å². The molecular weight excluding hydrogens is 218 g/mol. The Bertz CT molecular complexity index is 557. The van der Waals surface area contributed by atoms with Gasteiger partial charge >= 0.3 is 5.69 Å². The standard InChI is InChI=1S/C12H15N3O2/c1-9-8-14-12(16)15(9)11-4-2-3-10(7-11)5-6-17-13/h2-4,7-8H,5-6,13H2,1H3,(H,14,16). The van der Waals surface area contributed by atoms with Crippen LogP contribution in [0.2, 0.25) is 0 Å². The number of hydrogen-bond acceptors (Lipinski definition) is 3. The number of aromatic nitrogens is 2. The molecule has 0 atom stereocenters. The van der Waals surface area contributed by atoms with Gasteiger partial charge in [0.15, 0.2) is 0 Å². The van der Waals surface area contributed by atoms with Crippen LogP contribution >= 0.6 is 0 Å². The number of H-pyrrole nitrogens is 1. The van der Waals surface area contributed by atoms with Crippen LogP contribution in [0.5, 0.6) is 0 Å². The van der Waals surface area contributed by atoms with E-state index >= 15 is 0 Å². The Morgan fingerprint density at radius 2 is 2.29 bits per heavy atom. The molecule has 5 heteroatoms. The van der Waals surface area contributed by atoms with E-state index in [9.17, 15) is 4.79 Å². The van der Waals surface area contributed by atoms with Gasteiger partial charge < -0.3 is 9.82 Å². The summed E-state index contributed by atoms with van der Waals surface area (Å²) in [7, 11) is 0. The fourth-order valence-corrected chi connectivity index (χ4v) is 1.80. The van der Waals surface area contributed by atoms with Gasteiger partial charge in [0.2, 0.25) is 0 Å². The molecule has 0 aliphatic carbocycles. The van der Waals surface area contributed by atoms with Crippen LogP contribution in [0.25, 0.3) is 5.69 Å². The molecule has 1 aromatic carbocycles. The van der Waals surface area contributed by atoms with Crippen LogP contribution in [-0.2, 0) is 11.3 Å². The van der Waals surface area contributed by atoms with Crippen LogP contribution in [0.15, 0.2) is 35.3 Å². The highest BCUT2D eigenvalue weighted by molar-refractivity contribution is 5.37. The highest BCUT2D eigenvalue weighted by Gasteiger charge is 2.05. The molecule has 3 N–H and O–H groups in total. The molecule has 0 amide bonds. The zero-order valence-corrected chi connectivity index (χ0v) is 9.64. The van der Waals surface area contributed by atoms with Gasteiger partial charge in [0.1, 0.15) is 0 Å². The minimum atomic E-state index is -0.130. The average molecular weight is 233 g/mol. The molecule has 0 bridgehead atoms. The molecule has 90 valence electrons. The Balaban J connectivity index is 2.36. The molecule has 0 saturated heterocycles. The van der Waals surface area contributed by atoms with E-state index in [0.717, 1.165) is 23.4 Å². The summed E-state index contributed by atoms with van der Waals surface area (Å²) < 4.78 is 1.63. The van der Waals surface area contributed by atoms with Gasteiger partial charge in [-0.25, -0.2) is 10.7 Å². The highest BCUT2D eigenvalue weighted by Crippen LogP contribution is 2.11. The first-order valence-corrected chi connectivity index (χ1v) is 5.40. The van der Waals surface area contributed by atoms with E-state index in [1.165, 1.54) is 0 Å². The molecule has 0 fully saturated rings. The van der Waals surface area contributed by atoms with E-state index in [-0.39, 0.29) is 5.69 Å². The summed E-state index contributed by atoms with van der Waals surface area (Å²) in [5, 5.41) is 0. The predicted molar refractivity (Wildman–Crippen MR) is 65.0 cm³/mol. The molecule has 1 aromatic heterocycles. The molecule has 0 spiro atoms. The quantitative estimate of drug-likeness (QED) is 0.771. The number of imidazole rings is 1. The molecule has 0 aliphatic rings. The fourth-order valence-electron chi connectivity index (χ4n) is 1.80. The molecule has 0 saturated carbocycles. The van der Waals surface area contributed by atoms with Crippen molar-refractivity contribution in [3.63, 3.8) is 0 Å². The van der Waals surface area contributed by atoms with Crippen LogP contribution in [0.4, 0.5) is 0 Å². The molecule has 0 aliphatic heterocycles. The smallest absolute Gasteiger partial charge is 0.312 e. The molecule has 5 nitrogen and oxygen atoms in total. The summed E-state index contributed by atoms with van der Waals surface area (Å²) in [6.07, 6.45) is 2.42. The Morgan fingerprint density at radius 3 is 2.94 bits per heavy atom. The number of nitrogens with one attached hydrogen (secondary N) is 1. The number of benzene rings is 1. The Kier molecular flexibility index (Phi) is 3.41. The van der Waals surface area contributed by atoms with Crippen molar-refractivity contribution in [3.8, 4) is 5.69 Å². The third kappa shape index (κ3) is 2.46. The van der Waals surface area contributed by atoms with Gasteiger partial charge in [-0.15, -0.1) is 0 Å². The number of nitrogens with two attached hydrogens (primary N) is 1. The zero-order valence-electron chi connectivity index (χ0n) is 9.64. The summed E-state index contributed by atoms with van der Waals surface area (Å²) in [5.74, 6) is 5.00. The van der Waals surface area contributed by atoms with Crippen molar-refractivity contribution in [1.82, 2.24) is 9.55 Å². The van der Waals surface area contributed by atoms with Crippen LogP contribution in [-0.4, -0.2) is 16.2 Å². The van der Waals surface area contributed by atoms with E-state index in [4.69, 9.17) is 5.90 Å². The van der Waals surface area contributed by atoms with Gasteiger partial charge in [-0.3, -0.25) is 4.57 Å². The summed E-state index contributed by atoms with van der Waals surface area (Å²) in [6.45, 7) is 2.35. The second-order valence-corrected chi connectivity index (χ2v) is 3.86. The maximum atomic E-state index is 11.6. The topological polar surface area (TPSA) is 73.0 Å². The maximum absolute atomic E-state index is 11.6. The van der Waals surface area contributed by atoms with Crippen molar-refractivity contribution in [2.75, 3.05) is 6.61 Å². The first-order chi connectivity index (χ1) is 8.22. The van der Waals surface area contributed by atoms with E-state index in [2.05, 4.69) is 9.82 Å². The summed E-state index contributed by atoms with van der Waals surface area (Å²) >= 11 is 0. The highest BCUT2D eigenvalue weighted by atomic mass is 16.6. The van der Waals surface area contributed by atoms with Gasteiger partial charge in [0.25, 0.3) is 0 Å². The minimum Gasteiger partial charge on any atom is -0.312 e. The van der Waals surface area contributed by atoms with Crippen molar-refractivity contribution < 1.29 is 4.84 Å². The SMILES string of the molecule is Cc1c[nH]c(=O)n1-c1cccc(CCON)c1. The van der Waals surface area contributed by atoms with Crippen molar-refractivity contribution in [2.45, 2.75) is 13.3 Å². The maximum Gasteiger partial charge on any atom is 0.330 e. The predicted octanol–water partition coefficient (Wildman–Crippen LogP) is 0.907. The number of rotatable bonds is 4. The van der Waals surface area contributed by atoms with E-state index in [1.54, 1.807) is 10.8 Å². The largest absolute Gasteiger partial charge is 0.330 e. The second kappa shape index (κ2) is 4.99. The molecular formula is C12H15N3O2. The summed E-state index contributed by atoms with van der Waals surface area (Å²) in [4.78, 5) is 18.8.